The fraction of sp³-hybridized carbons (Fsp3) is 0.294. The molecular weight excluding hydrogens is 320 g/mol. The van der Waals surface area contributed by atoms with Crippen molar-refractivity contribution in [1.29, 1.82) is 5.41 Å². The molecule has 8 nitrogen and oxygen atoms in total. The van der Waals surface area contributed by atoms with E-state index in [4.69, 9.17) is 9.93 Å². The average Bonchev–Trinajstić information content (AvgIpc) is 3.26. The van der Waals surface area contributed by atoms with E-state index in [0.717, 1.165) is 17.5 Å². The normalized spacial score (nSPS) is 14.9. The zero-order valence-electron chi connectivity index (χ0n) is 13.8. The van der Waals surface area contributed by atoms with Crippen molar-refractivity contribution in [2.45, 2.75) is 19.8 Å². The number of H-pyrrole nitrogens is 1. The van der Waals surface area contributed by atoms with Crippen LogP contribution in [0.15, 0.2) is 34.5 Å². The number of para-hydroxylation sites is 2. The van der Waals surface area contributed by atoms with Crippen LogP contribution >= 0.6 is 0 Å². The summed E-state index contributed by atoms with van der Waals surface area (Å²) in [6.45, 7) is 2.72. The highest BCUT2D eigenvalue weighted by atomic mass is 16.5. The lowest BCUT2D eigenvalue weighted by atomic mass is 10.2. The number of imidazole rings is 1. The molecule has 0 spiro atoms. The Morgan fingerprint density at radius 2 is 2.16 bits per heavy atom. The fourth-order valence-corrected chi connectivity index (χ4v) is 3.01. The van der Waals surface area contributed by atoms with Gasteiger partial charge in [0.15, 0.2) is 5.82 Å². The van der Waals surface area contributed by atoms with Crippen LogP contribution in [-0.4, -0.2) is 49.0 Å². The van der Waals surface area contributed by atoms with Gasteiger partial charge in [-0.2, -0.15) is 4.98 Å². The van der Waals surface area contributed by atoms with E-state index in [1.54, 1.807) is 6.92 Å². The summed E-state index contributed by atoms with van der Waals surface area (Å²) in [4.78, 5) is 13.7. The van der Waals surface area contributed by atoms with Crippen LogP contribution in [0.5, 0.6) is 0 Å². The number of aliphatic hydroxyl groups is 1. The molecule has 0 unspecified atom stereocenters. The topological polar surface area (TPSA) is 115 Å². The van der Waals surface area contributed by atoms with Crippen LogP contribution < -0.4 is 0 Å². The van der Waals surface area contributed by atoms with Crippen molar-refractivity contribution < 1.29 is 9.63 Å². The molecule has 0 bridgehead atoms. The van der Waals surface area contributed by atoms with Crippen molar-refractivity contribution in [3.8, 4) is 0 Å². The third kappa shape index (κ3) is 2.86. The number of aromatic amines is 1. The minimum Gasteiger partial charge on any atom is -0.510 e. The molecule has 0 radical (unpaired) electrons. The SMILES string of the molecule is Cc1noc(CCCN2CC(O)=C(c3nc4ccccc4[nH]3)C2=N)n1. The molecule has 4 rings (SSSR count). The van der Waals surface area contributed by atoms with E-state index in [9.17, 15) is 5.11 Å². The number of hydrogen-bond acceptors (Lipinski definition) is 6. The maximum absolute atomic E-state index is 10.3. The van der Waals surface area contributed by atoms with Crippen molar-refractivity contribution in [2.75, 3.05) is 13.1 Å². The minimum absolute atomic E-state index is 0.165. The predicted molar refractivity (Wildman–Crippen MR) is 92.3 cm³/mol. The number of nitrogens with one attached hydrogen (secondary N) is 2. The zero-order chi connectivity index (χ0) is 17.4. The third-order valence-corrected chi connectivity index (χ3v) is 4.20. The van der Waals surface area contributed by atoms with Crippen molar-refractivity contribution in [1.82, 2.24) is 25.0 Å². The van der Waals surface area contributed by atoms with Gasteiger partial charge in [-0.15, -0.1) is 0 Å². The highest BCUT2D eigenvalue weighted by molar-refractivity contribution is 6.23. The Hall–Kier alpha value is -3.16. The van der Waals surface area contributed by atoms with Crippen molar-refractivity contribution in [3.05, 3.63) is 47.6 Å². The second-order valence-corrected chi connectivity index (χ2v) is 6.03. The summed E-state index contributed by atoms with van der Waals surface area (Å²) >= 11 is 0. The van der Waals surface area contributed by atoms with Crippen molar-refractivity contribution in [3.63, 3.8) is 0 Å². The fourth-order valence-electron chi connectivity index (χ4n) is 3.01. The maximum atomic E-state index is 10.3. The molecule has 8 heteroatoms. The Balaban J connectivity index is 1.45. The van der Waals surface area contributed by atoms with Gasteiger partial charge in [0, 0.05) is 13.0 Å². The molecule has 0 aliphatic carbocycles. The Bertz CT molecular complexity index is 937. The number of benzene rings is 1. The summed E-state index contributed by atoms with van der Waals surface area (Å²) < 4.78 is 5.09. The summed E-state index contributed by atoms with van der Waals surface area (Å²) in [5.74, 6) is 2.18. The van der Waals surface area contributed by atoms with Gasteiger partial charge in [-0.3, -0.25) is 5.41 Å². The molecule has 3 heterocycles. The number of rotatable bonds is 5. The number of aliphatic hydroxyl groups excluding tert-OH is 1. The summed E-state index contributed by atoms with van der Waals surface area (Å²) in [5.41, 5.74) is 2.16. The van der Waals surface area contributed by atoms with Crippen LogP contribution in [0, 0.1) is 12.3 Å². The van der Waals surface area contributed by atoms with Crippen LogP contribution in [0.1, 0.15) is 24.0 Å². The van der Waals surface area contributed by atoms with Gasteiger partial charge < -0.3 is 19.5 Å². The summed E-state index contributed by atoms with van der Waals surface area (Å²) in [6.07, 6.45) is 1.40. The Kier molecular flexibility index (Phi) is 3.72. The number of hydrogen-bond donors (Lipinski definition) is 3. The molecule has 0 fully saturated rings. The zero-order valence-corrected chi connectivity index (χ0v) is 13.8. The summed E-state index contributed by atoms with van der Waals surface area (Å²) in [7, 11) is 0. The number of fused-ring (bicyclic) bond motifs is 1. The van der Waals surface area contributed by atoms with Gasteiger partial charge >= 0.3 is 0 Å². The molecule has 25 heavy (non-hydrogen) atoms. The number of aromatic nitrogens is 4. The van der Waals surface area contributed by atoms with Gasteiger partial charge in [-0.05, 0) is 25.5 Å². The highest BCUT2D eigenvalue weighted by Gasteiger charge is 2.30. The second kappa shape index (κ2) is 6.04. The molecule has 2 aromatic heterocycles. The minimum atomic E-state index is 0.165. The molecule has 3 N–H and O–H groups in total. The van der Waals surface area contributed by atoms with Gasteiger partial charge in [-0.1, -0.05) is 17.3 Å². The van der Waals surface area contributed by atoms with Crippen molar-refractivity contribution >= 4 is 22.4 Å². The Morgan fingerprint density at radius 1 is 1.32 bits per heavy atom. The van der Waals surface area contributed by atoms with E-state index in [2.05, 4.69) is 20.1 Å². The van der Waals surface area contributed by atoms with Gasteiger partial charge in [0.05, 0.1) is 23.2 Å². The molecule has 1 aliphatic heterocycles. The lowest BCUT2D eigenvalue weighted by molar-refractivity contribution is 0.336. The van der Waals surface area contributed by atoms with Crippen LogP contribution in [0.2, 0.25) is 0 Å². The van der Waals surface area contributed by atoms with E-state index in [0.29, 0.717) is 42.6 Å². The molecule has 128 valence electrons. The van der Waals surface area contributed by atoms with Crippen LogP contribution in [0.25, 0.3) is 16.6 Å². The Labute approximate surface area is 143 Å². The molecule has 1 aliphatic rings. The van der Waals surface area contributed by atoms with E-state index >= 15 is 0 Å². The number of amidine groups is 1. The van der Waals surface area contributed by atoms with Crippen LogP contribution in [0.3, 0.4) is 0 Å². The first kappa shape index (κ1) is 15.4. The van der Waals surface area contributed by atoms with Gasteiger partial charge in [0.25, 0.3) is 0 Å². The quantitative estimate of drug-likeness (QED) is 0.658. The standard InChI is InChI=1S/C17H18N6O2/c1-10-19-14(25-22-10)7-4-8-23-9-13(24)15(16(23)18)17-20-11-5-2-3-6-12(11)21-17/h2-3,5-6,18,24H,4,7-9H2,1H3,(H,20,21). The first-order valence-corrected chi connectivity index (χ1v) is 8.12. The molecule has 0 saturated carbocycles. The predicted octanol–water partition coefficient (Wildman–Crippen LogP) is 2.45. The molecular formula is C17H18N6O2. The number of nitrogens with zero attached hydrogens (tertiary/aromatic N) is 4. The second-order valence-electron chi connectivity index (χ2n) is 6.03. The first-order chi connectivity index (χ1) is 12.1. The summed E-state index contributed by atoms with van der Waals surface area (Å²) in [6, 6.07) is 7.65. The molecule has 1 aromatic carbocycles. The lowest BCUT2D eigenvalue weighted by Crippen LogP contribution is -2.28. The molecule has 0 amide bonds. The van der Waals surface area contributed by atoms with Crippen molar-refractivity contribution in [2.24, 2.45) is 0 Å². The van der Waals surface area contributed by atoms with E-state index in [-0.39, 0.29) is 11.6 Å². The molecule has 3 aromatic rings. The maximum Gasteiger partial charge on any atom is 0.226 e. The van der Waals surface area contributed by atoms with Gasteiger partial charge in [-0.25, -0.2) is 4.98 Å². The molecule has 0 atom stereocenters. The van der Waals surface area contributed by atoms with Gasteiger partial charge in [0.1, 0.15) is 17.4 Å². The van der Waals surface area contributed by atoms with E-state index in [1.165, 1.54) is 0 Å². The first-order valence-electron chi connectivity index (χ1n) is 8.12. The smallest absolute Gasteiger partial charge is 0.226 e. The third-order valence-electron chi connectivity index (χ3n) is 4.20. The monoisotopic (exact) mass is 338 g/mol. The number of aryl methyl sites for hydroxylation is 2. The lowest BCUT2D eigenvalue weighted by Gasteiger charge is -2.17. The van der Waals surface area contributed by atoms with E-state index < -0.39 is 0 Å². The van der Waals surface area contributed by atoms with Crippen LogP contribution in [0.4, 0.5) is 0 Å². The largest absolute Gasteiger partial charge is 0.510 e. The summed E-state index contributed by atoms with van der Waals surface area (Å²) in [5, 5.41) is 22.5. The van der Waals surface area contributed by atoms with Gasteiger partial charge in [0.2, 0.25) is 5.89 Å². The van der Waals surface area contributed by atoms with E-state index in [1.807, 2.05) is 29.2 Å². The molecule has 0 saturated heterocycles. The average molecular weight is 338 g/mol. The Morgan fingerprint density at radius 3 is 2.92 bits per heavy atom. The highest BCUT2D eigenvalue weighted by Crippen LogP contribution is 2.27. The van der Waals surface area contributed by atoms with Crippen LogP contribution in [-0.2, 0) is 6.42 Å².